The molecule has 0 atom stereocenters. The summed E-state index contributed by atoms with van der Waals surface area (Å²) in [7, 11) is 1.90. The van der Waals surface area contributed by atoms with E-state index < -0.39 is 0 Å². The zero-order chi connectivity index (χ0) is 13.0. The fourth-order valence-corrected chi connectivity index (χ4v) is 1.67. The van der Waals surface area contributed by atoms with Crippen LogP contribution in [0.15, 0.2) is 36.5 Å². The van der Waals surface area contributed by atoms with E-state index in [2.05, 4.69) is 30.2 Å². The molecule has 1 aromatic carbocycles. The van der Waals surface area contributed by atoms with E-state index in [0.717, 1.165) is 23.7 Å². The number of aromatic nitrogens is 1. The van der Waals surface area contributed by atoms with E-state index in [1.807, 2.05) is 31.3 Å². The molecule has 0 saturated carbocycles. The first-order valence-electron chi connectivity index (χ1n) is 6.03. The molecule has 0 unspecified atom stereocenters. The van der Waals surface area contributed by atoms with Gasteiger partial charge in [-0.15, -0.1) is 0 Å². The number of hydrogen-bond donors (Lipinski definition) is 1. The fraction of sp³-hybridized carbons (Fsp3) is 0.267. The van der Waals surface area contributed by atoms with Crippen LogP contribution in [0.25, 0.3) is 0 Å². The van der Waals surface area contributed by atoms with Crippen LogP contribution < -0.4 is 10.1 Å². The van der Waals surface area contributed by atoms with E-state index >= 15 is 0 Å². The zero-order valence-corrected chi connectivity index (χ0v) is 11.0. The molecule has 1 aromatic heterocycles. The lowest BCUT2D eigenvalue weighted by atomic mass is 10.1. The van der Waals surface area contributed by atoms with Crippen molar-refractivity contribution >= 4 is 0 Å². The number of pyridine rings is 1. The maximum absolute atomic E-state index is 5.76. The summed E-state index contributed by atoms with van der Waals surface area (Å²) in [5.74, 6) is 1.61. The van der Waals surface area contributed by atoms with Crippen molar-refractivity contribution in [2.24, 2.45) is 0 Å². The highest BCUT2D eigenvalue weighted by atomic mass is 16.5. The van der Waals surface area contributed by atoms with E-state index in [0.29, 0.717) is 0 Å². The van der Waals surface area contributed by atoms with E-state index in [9.17, 15) is 0 Å². The van der Waals surface area contributed by atoms with Crippen molar-refractivity contribution in [1.29, 1.82) is 0 Å². The second-order valence-electron chi connectivity index (χ2n) is 4.36. The minimum absolute atomic E-state index is 0.762. The normalized spacial score (nSPS) is 10.4. The third-order valence-electron chi connectivity index (χ3n) is 2.87. The maximum Gasteiger partial charge on any atom is 0.145 e. The van der Waals surface area contributed by atoms with Gasteiger partial charge in [0.2, 0.25) is 0 Å². The van der Waals surface area contributed by atoms with Crippen molar-refractivity contribution in [3.63, 3.8) is 0 Å². The molecule has 0 spiro atoms. The molecule has 0 fully saturated rings. The predicted octanol–water partition coefficient (Wildman–Crippen LogP) is 3.21. The van der Waals surface area contributed by atoms with Gasteiger partial charge < -0.3 is 10.1 Å². The van der Waals surface area contributed by atoms with Crippen LogP contribution in [0.5, 0.6) is 11.5 Å². The van der Waals surface area contributed by atoms with Gasteiger partial charge in [0.25, 0.3) is 0 Å². The van der Waals surface area contributed by atoms with Gasteiger partial charge in [-0.3, -0.25) is 4.98 Å². The second-order valence-corrected chi connectivity index (χ2v) is 4.36. The first kappa shape index (κ1) is 12.6. The van der Waals surface area contributed by atoms with E-state index in [4.69, 9.17) is 4.74 Å². The van der Waals surface area contributed by atoms with E-state index in [1.165, 1.54) is 11.1 Å². The molecule has 2 rings (SSSR count). The summed E-state index contributed by atoms with van der Waals surface area (Å²) in [5, 5.41) is 3.06. The van der Waals surface area contributed by atoms with Gasteiger partial charge in [-0.2, -0.15) is 0 Å². The smallest absolute Gasteiger partial charge is 0.145 e. The third kappa shape index (κ3) is 3.08. The van der Waals surface area contributed by atoms with Crippen LogP contribution in [0, 0.1) is 13.8 Å². The lowest BCUT2D eigenvalue weighted by Gasteiger charge is -2.08. The molecule has 1 heterocycles. The van der Waals surface area contributed by atoms with E-state index in [-0.39, 0.29) is 0 Å². The molecule has 3 nitrogen and oxygen atoms in total. The van der Waals surface area contributed by atoms with Crippen LogP contribution in [0.2, 0.25) is 0 Å². The van der Waals surface area contributed by atoms with Crippen molar-refractivity contribution in [2.75, 3.05) is 7.05 Å². The number of nitrogens with zero attached hydrogens (tertiary/aromatic N) is 1. The van der Waals surface area contributed by atoms with Crippen LogP contribution >= 0.6 is 0 Å². The average Bonchev–Trinajstić information content (AvgIpc) is 2.37. The molecule has 0 bridgehead atoms. The number of ether oxygens (including phenoxy) is 1. The molecule has 18 heavy (non-hydrogen) atoms. The number of nitrogens with one attached hydrogen (secondary N) is 1. The summed E-state index contributed by atoms with van der Waals surface area (Å²) in [4.78, 5) is 4.32. The number of aryl methyl sites for hydroxylation is 2. The Bertz CT molecular complexity index is 521. The SMILES string of the molecule is CNCc1ccc(Oc2ccc(C)c(C)c2)cn1. The molecule has 1 N–H and O–H groups in total. The van der Waals surface area contributed by atoms with Gasteiger partial charge in [0.05, 0.1) is 11.9 Å². The minimum Gasteiger partial charge on any atom is -0.456 e. The topological polar surface area (TPSA) is 34.1 Å². The summed E-state index contributed by atoms with van der Waals surface area (Å²) in [5.41, 5.74) is 3.50. The average molecular weight is 242 g/mol. The highest BCUT2D eigenvalue weighted by molar-refractivity contribution is 5.36. The Labute approximate surface area is 108 Å². The summed E-state index contributed by atoms with van der Waals surface area (Å²) >= 11 is 0. The lowest BCUT2D eigenvalue weighted by Crippen LogP contribution is -2.06. The Morgan fingerprint density at radius 2 is 1.83 bits per heavy atom. The molecule has 0 aliphatic carbocycles. The quantitative estimate of drug-likeness (QED) is 0.894. The molecule has 0 amide bonds. The summed E-state index contributed by atoms with van der Waals surface area (Å²) < 4.78 is 5.76. The first-order chi connectivity index (χ1) is 8.69. The Morgan fingerprint density at radius 1 is 1.06 bits per heavy atom. The third-order valence-corrected chi connectivity index (χ3v) is 2.87. The van der Waals surface area contributed by atoms with Crippen molar-refractivity contribution in [3.05, 3.63) is 53.3 Å². The highest BCUT2D eigenvalue weighted by Crippen LogP contribution is 2.23. The Kier molecular flexibility index (Phi) is 3.95. The van der Waals surface area contributed by atoms with Gasteiger partial charge >= 0.3 is 0 Å². The molecule has 0 radical (unpaired) electrons. The number of hydrogen-bond acceptors (Lipinski definition) is 3. The van der Waals surface area contributed by atoms with Crippen LogP contribution in [-0.2, 0) is 6.54 Å². The molecule has 3 heteroatoms. The van der Waals surface area contributed by atoms with Crippen LogP contribution in [0.1, 0.15) is 16.8 Å². The lowest BCUT2D eigenvalue weighted by molar-refractivity contribution is 0.479. The fourth-order valence-electron chi connectivity index (χ4n) is 1.67. The zero-order valence-electron chi connectivity index (χ0n) is 11.0. The van der Waals surface area contributed by atoms with Gasteiger partial charge in [-0.05, 0) is 56.3 Å². The van der Waals surface area contributed by atoms with Crippen molar-refractivity contribution in [1.82, 2.24) is 10.3 Å². The van der Waals surface area contributed by atoms with Crippen LogP contribution in [0.4, 0.5) is 0 Å². The second kappa shape index (κ2) is 5.65. The van der Waals surface area contributed by atoms with Crippen LogP contribution in [0.3, 0.4) is 0 Å². The van der Waals surface area contributed by atoms with Gasteiger partial charge in [0, 0.05) is 6.54 Å². The molecule has 0 saturated heterocycles. The summed E-state index contributed by atoms with van der Waals surface area (Å²) in [6.07, 6.45) is 1.75. The van der Waals surface area contributed by atoms with Crippen LogP contribution in [-0.4, -0.2) is 12.0 Å². The van der Waals surface area contributed by atoms with Gasteiger partial charge in [0.15, 0.2) is 0 Å². The Balaban J connectivity index is 2.10. The Morgan fingerprint density at radius 3 is 2.44 bits per heavy atom. The number of rotatable bonds is 4. The van der Waals surface area contributed by atoms with E-state index in [1.54, 1.807) is 6.20 Å². The Hall–Kier alpha value is -1.87. The molecular weight excluding hydrogens is 224 g/mol. The summed E-state index contributed by atoms with van der Waals surface area (Å²) in [6, 6.07) is 9.98. The maximum atomic E-state index is 5.76. The molecule has 2 aromatic rings. The standard InChI is InChI=1S/C15H18N2O/c1-11-4-6-14(8-12(11)2)18-15-7-5-13(9-16-3)17-10-15/h4-8,10,16H,9H2,1-3H3. The first-order valence-corrected chi connectivity index (χ1v) is 6.03. The molecule has 94 valence electrons. The number of benzene rings is 1. The van der Waals surface area contributed by atoms with Gasteiger partial charge in [-0.1, -0.05) is 6.07 Å². The van der Waals surface area contributed by atoms with Crippen molar-refractivity contribution in [2.45, 2.75) is 20.4 Å². The summed E-state index contributed by atoms with van der Waals surface area (Å²) in [6.45, 7) is 4.94. The predicted molar refractivity (Wildman–Crippen MR) is 73.0 cm³/mol. The highest BCUT2D eigenvalue weighted by Gasteiger charge is 2.00. The molecule has 0 aliphatic rings. The monoisotopic (exact) mass is 242 g/mol. The molecule has 0 aliphatic heterocycles. The largest absolute Gasteiger partial charge is 0.456 e. The minimum atomic E-state index is 0.762. The van der Waals surface area contributed by atoms with Crippen molar-refractivity contribution in [3.8, 4) is 11.5 Å². The van der Waals surface area contributed by atoms with Gasteiger partial charge in [0.1, 0.15) is 11.5 Å². The van der Waals surface area contributed by atoms with Crippen molar-refractivity contribution < 1.29 is 4.74 Å². The molecular formula is C15H18N2O. The van der Waals surface area contributed by atoms with Gasteiger partial charge in [-0.25, -0.2) is 0 Å².